The summed E-state index contributed by atoms with van der Waals surface area (Å²) in [5, 5.41) is 18.2. The third-order valence-corrected chi connectivity index (χ3v) is 1.65. The van der Waals surface area contributed by atoms with E-state index in [1.807, 2.05) is 0 Å². The van der Waals surface area contributed by atoms with E-state index in [9.17, 15) is 9.90 Å². The Morgan fingerprint density at radius 1 is 1.64 bits per heavy atom. The Bertz CT molecular complexity index is 227. The molecule has 0 saturated heterocycles. The van der Waals surface area contributed by atoms with Crippen molar-refractivity contribution in [3.63, 3.8) is 0 Å². The molecule has 0 heterocycles. The zero-order valence-electron chi connectivity index (χ0n) is 6.19. The lowest BCUT2D eigenvalue weighted by molar-refractivity contribution is -0.121. The number of allylic oxidation sites excluding steroid dienone is 1. The van der Waals surface area contributed by atoms with Crippen molar-refractivity contribution in [3.05, 3.63) is 24.0 Å². The Morgan fingerprint density at radius 2 is 2.27 bits per heavy atom. The predicted molar refractivity (Wildman–Crippen MR) is 40.0 cm³/mol. The summed E-state index contributed by atoms with van der Waals surface area (Å²) >= 11 is 0. The minimum atomic E-state index is -0.789. The molecule has 2 N–H and O–H groups in total. The second-order valence-corrected chi connectivity index (χ2v) is 2.58. The topological polar surface area (TPSA) is 57.5 Å². The van der Waals surface area contributed by atoms with E-state index in [0.717, 1.165) is 0 Å². The second kappa shape index (κ2) is 2.88. The first kappa shape index (κ1) is 8.01. The van der Waals surface area contributed by atoms with E-state index in [4.69, 9.17) is 5.11 Å². The highest BCUT2D eigenvalue weighted by Crippen LogP contribution is 2.16. The largest absolute Gasteiger partial charge is 0.508 e. The summed E-state index contributed by atoms with van der Waals surface area (Å²) in [4.78, 5) is 10.8. The lowest BCUT2D eigenvalue weighted by atomic mass is 9.93. The van der Waals surface area contributed by atoms with Crippen LogP contribution in [0.2, 0.25) is 0 Å². The fourth-order valence-corrected chi connectivity index (χ4v) is 1.01. The van der Waals surface area contributed by atoms with Crippen molar-refractivity contribution < 1.29 is 15.0 Å². The summed E-state index contributed by atoms with van der Waals surface area (Å²) in [6.45, 7) is 1.39. The Morgan fingerprint density at radius 3 is 2.73 bits per heavy atom. The van der Waals surface area contributed by atoms with E-state index in [0.29, 0.717) is 0 Å². The predicted octanol–water partition coefficient (Wildman–Crippen LogP) is 0.564. The van der Waals surface area contributed by atoms with Gasteiger partial charge in [-0.3, -0.25) is 4.79 Å². The molecule has 0 fully saturated rings. The quantitative estimate of drug-likeness (QED) is 0.580. The van der Waals surface area contributed by atoms with Gasteiger partial charge in [0.1, 0.15) is 11.5 Å². The van der Waals surface area contributed by atoms with Crippen LogP contribution in [0.5, 0.6) is 0 Å². The molecule has 2 atom stereocenters. The van der Waals surface area contributed by atoms with Crippen LogP contribution in [-0.2, 0) is 4.79 Å². The number of carbonyl (C=O) groups is 1. The van der Waals surface area contributed by atoms with Crippen molar-refractivity contribution in [2.45, 2.75) is 13.0 Å². The Kier molecular flexibility index (Phi) is 2.10. The van der Waals surface area contributed by atoms with E-state index in [1.54, 1.807) is 0 Å². The van der Waals surface area contributed by atoms with Gasteiger partial charge in [0.15, 0.2) is 0 Å². The molecule has 0 aliphatic heterocycles. The summed E-state index contributed by atoms with van der Waals surface area (Å²) in [6.07, 6.45) is 3.35. The van der Waals surface area contributed by atoms with Crippen molar-refractivity contribution in [3.8, 4) is 0 Å². The van der Waals surface area contributed by atoms with E-state index in [2.05, 4.69) is 0 Å². The second-order valence-electron chi connectivity index (χ2n) is 2.58. The number of aliphatic hydroxyl groups is 2. The van der Waals surface area contributed by atoms with Gasteiger partial charge >= 0.3 is 0 Å². The van der Waals surface area contributed by atoms with E-state index >= 15 is 0 Å². The number of rotatable bonds is 1. The number of hydrogen-bond acceptors (Lipinski definition) is 3. The Hall–Kier alpha value is -1.09. The zero-order chi connectivity index (χ0) is 8.43. The van der Waals surface area contributed by atoms with Crippen LogP contribution in [0, 0.1) is 5.92 Å². The Balaban J connectivity index is 2.81. The van der Waals surface area contributed by atoms with Gasteiger partial charge in [-0.25, -0.2) is 0 Å². The van der Waals surface area contributed by atoms with Crippen molar-refractivity contribution in [1.82, 2.24) is 0 Å². The van der Waals surface area contributed by atoms with E-state index in [-0.39, 0.29) is 11.5 Å². The van der Waals surface area contributed by atoms with Gasteiger partial charge in [-0.15, -0.1) is 0 Å². The summed E-state index contributed by atoms with van der Waals surface area (Å²) in [5.74, 6) is -0.691. The third-order valence-electron chi connectivity index (χ3n) is 1.65. The molecule has 2 unspecified atom stereocenters. The van der Waals surface area contributed by atoms with Gasteiger partial charge < -0.3 is 10.2 Å². The van der Waals surface area contributed by atoms with Crippen molar-refractivity contribution in [2.24, 2.45) is 5.92 Å². The highest BCUT2D eigenvalue weighted by Gasteiger charge is 2.22. The summed E-state index contributed by atoms with van der Waals surface area (Å²) in [5.41, 5.74) is 0. The SMILES string of the molecule is CC(=O)C1C=C(O)C=CC1O. The molecule has 0 saturated carbocycles. The molecule has 3 nitrogen and oxygen atoms in total. The zero-order valence-corrected chi connectivity index (χ0v) is 6.19. The molecule has 0 amide bonds. The number of aliphatic hydroxyl groups excluding tert-OH is 2. The first-order valence-electron chi connectivity index (χ1n) is 3.39. The molecule has 3 heteroatoms. The van der Waals surface area contributed by atoms with Crippen LogP contribution >= 0.6 is 0 Å². The number of hydrogen-bond donors (Lipinski definition) is 2. The van der Waals surface area contributed by atoms with Crippen LogP contribution in [0.15, 0.2) is 24.0 Å². The fraction of sp³-hybridized carbons (Fsp3) is 0.375. The van der Waals surface area contributed by atoms with E-state index in [1.165, 1.54) is 25.2 Å². The average Bonchev–Trinajstić information content (AvgIpc) is 1.94. The molecular weight excluding hydrogens is 144 g/mol. The molecule has 0 bridgehead atoms. The number of Topliss-reactive ketones (excluding diaryl/α,β-unsaturated/α-hetero) is 1. The number of carbonyl (C=O) groups excluding carboxylic acids is 1. The van der Waals surface area contributed by atoms with Crippen LogP contribution in [0.1, 0.15) is 6.92 Å². The van der Waals surface area contributed by atoms with Gasteiger partial charge in [0, 0.05) is 0 Å². The van der Waals surface area contributed by atoms with Crippen molar-refractivity contribution >= 4 is 5.78 Å². The normalized spacial score (nSPS) is 29.8. The van der Waals surface area contributed by atoms with Crippen LogP contribution in [0.3, 0.4) is 0 Å². The van der Waals surface area contributed by atoms with Crippen LogP contribution < -0.4 is 0 Å². The summed E-state index contributed by atoms with van der Waals surface area (Å²) < 4.78 is 0. The average molecular weight is 154 g/mol. The first-order chi connectivity index (χ1) is 5.11. The molecule has 0 spiro atoms. The smallest absolute Gasteiger partial charge is 0.139 e. The highest BCUT2D eigenvalue weighted by atomic mass is 16.3. The maximum atomic E-state index is 10.8. The van der Waals surface area contributed by atoms with Crippen molar-refractivity contribution in [1.29, 1.82) is 0 Å². The Labute approximate surface area is 64.7 Å². The monoisotopic (exact) mass is 154 g/mol. The van der Waals surface area contributed by atoms with E-state index < -0.39 is 12.0 Å². The van der Waals surface area contributed by atoms with Gasteiger partial charge in [-0.2, -0.15) is 0 Å². The molecule has 0 aromatic carbocycles. The maximum absolute atomic E-state index is 10.8. The fourth-order valence-electron chi connectivity index (χ4n) is 1.01. The van der Waals surface area contributed by atoms with Crippen LogP contribution in [-0.4, -0.2) is 22.1 Å². The summed E-state index contributed by atoms with van der Waals surface area (Å²) in [6, 6.07) is 0. The molecule has 1 aliphatic carbocycles. The molecule has 1 aliphatic rings. The minimum absolute atomic E-state index is 0.0375. The van der Waals surface area contributed by atoms with Crippen LogP contribution in [0.25, 0.3) is 0 Å². The van der Waals surface area contributed by atoms with Crippen LogP contribution in [0.4, 0.5) is 0 Å². The lowest BCUT2D eigenvalue weighted by Gasteiger charge is -2.16. The van der Waals surface area contributed by atoms with Gasteiger partial charge in [0.05, 0.1) is 12.0 Å². The standard InChI is InChI=1S/C8H10O3/c1-5(9)7-4-6(10)2-3-8(7)11/h2-4,7-8,10-11H,1H3. The molecule has 11 heavy (non-hydrogen) atoms. The van der Waals surface area contributed by atoms with Gasteiger partial charge in [-0.05, 0) is 19.1 Å². The molecule has 60 valence electrons. The first-order valence-corrected chi connectivity index (χ1v) is 3.39. The highest BCUT2D eigenvalue weighted by molar-refractivity contribution is 5.81. The summed E-state index contributed by atoms with van der Waals surface area (Å²) in [7, 11) is 0. The third kappa shape index (κ3) is 1.68. The molecular formula is C8H10O3. The van der Waals surface area contributed by atoms with Gasteiger partial charge in [0.2, 0.25) is 0 Å². The molecule has 1 rings (SSSR count). The maximum Gasteiger partial charge on any atom is 0.139 e. The number of ketones is 1. The minimum Gasteiger partial charge on any atom is -0.508 e. The molecule has 0 aromatic rings. The lowest BCUT2D eigenvalue weighted by Crippen LogP contribution is -2.25. The van der Waals surface area contributed by atoms with Gasteiger partial charge in [0.25, 0.3) is 0 Å². The molecule has 0 aromatic heterocycles. The van der Waals surface area contributed by atoms with Gasteiger partial charge in [-0.1, -0.05) is 6.08 Å². The molecule has 0 radical (unpaired) electrons. The van der Waals surface area contributed by atoms with Crippen molar-refractivity contribution in [2.75, 3.05) is 0 Å².